The number of hydrogen-bond donors (Lipinski definition) is 0. The van der Waals surface area contributed by atoms with Crippen LogP contribution in [0.4, 0.5) is 0 Å². The molecule has 2 heteroatoms. The van der Waals surface area contributed by atoms with Crippen LogP contribution in [0.5, 0.6) is 0 Å². The highest BCUT2D eigenvalue weighted by atomic mass is 79.9. The fourth-order valence-electron chi connectivity index (χ4n) is 2.06. The zero-order valence-corrected chi connectivity index (χ0v) is 9.84. The van der Waals surface area contributed by atoms with Crippen molar-refractivity contribution in [2.24, 2.45) is 11.8 Å². The van der Waals surface area contributed by atoms with Crippen molar-refractivity contribution in [2.45, 2.75) is 19.3 Å². The van der Waals surface area contributed by atoms with Crippen molar-refractivity contribution in [3.8, 4) is 0 Å². The average Bonchev–Trinajstić information content (AvgIpc) is 2.87. The summed E-state index contributed by atoms with van der Waals surface area (Å²) < 4.78 is 1.24. The Balaban J connectivity index is 2.17. The third-order valence-corrected chi connectivity index (χ3v) is 3.49. The molecule has 0 amide bonds. The highest BCUT2D eigenvalue weighted by molar-refractivity contribution is 9.11. The molecule has 0 aromatic rings. The van der Waals surface area contributed by atoms with Gasteiger partial charge in [-0.2, -0.15) is 0 Å². The van der Waals surface area contributed by atoms with E-state index in [0.29, 0.717) is 0 Å². The Hall–Kier alpha value is -0.240. The number of halogens is 1. The van der Waals surface area contributed by atoms with Gasteiger partial charge >= 0.3 is 0 Å². The van der Waals surface area contributed by atoms with Gasteiger partial charge in [-0.1, -0.05) is 22.0 Å². The molecule has 0 aromatic heterocycles. The molecule has 0 heterocycles. The second-order valence-electron chi connectivity index (χ2n) is 4.23. The first-order chi connectivity index (χ1) is 6.18. The van der Waals surface area contributed by atoms with E-state index < -0.39 is 0 Å². The SMILES string of the molecule is CN(C)C1=CC(Br)=CCC1C1CC1. The maximum Gasteiger partial charge on any atom is 0.0176 e. The van der Waals surface area contributed by atoms with E-state index in [0.717, 1.165) is 11.8 Å². The Labute approximate surface area is 88.6 Å². The molecular formula is C11H16BrN. The van der Waals surface area contributed by atoms with Crippen molar-refractivity contribution in [1.29, 1.82) is 0 Å². The molecule has 1 atom stereocenters. The molecule has 2 aliphatic rings. The van der Waals surface area contributed by atoms with Gasteiger partial charge < -0.3 is 4.90 Å². The van der Waals surface area contributed by atoms with Crippen LogP contribution in [0.15, 0.2) is 22.3 Å². The molecule has 13 heavy (non-hydrogen) atoms. The van der Waals surface area contributed by atoms with Gasteiger partial charge in [0, 0.05) is 30.2 Å². The Kier molecular flexibility index (Phi) is 2.50. The van der Waals surface area contributed by atoms with Crippen molar-refractivity contribution in [3.63, 3.8) is 0 Å². The van der Waals surface area contributed by atoms with Gasteiger partial charge in [-0.05, 0) is 31.3 Å². The maximum atomic E-state index is 3.55. The van der Waals surface area contributed by atoms with Gasteiger partial charge in [0.15, 0.2) is 0 Å². The molecule has 0 aromatic carbocycles. The Morgan fingerprint density at radius 1 is 1.38 bits per heavy atom. The number of nitrogens with zero attached hydrogens (tertiary/aromatic N) is 1. The zero-order valence-electron chi connectivity index (χ0n) is 8.26. The van der Waals surface area contributed by atoms with E-state index in [2.05, 4.69) is 47.1 Å². The molecule has 1 saturated carbocycles. The first-order valence-corrected chi connectivity index (χ1v) is 5.72. The second kappa shape index (κ2) is 3.49. The first-order valence-electron chi connectivity index (χ1n) is 4.93. The largest absolute Gasteiger partial charge is 0.381 e. The smallest absolute Gasteiger partial charge is 0.0176 e. The standard InChI is InChI=1S/C11H16BrN/c1-13(2)11-7-9(12)5-6-10(11)8-3-4-8/h5,7-8,10H,3-4,6H2,1-2H3. The van der Waals surface area contributed by atoms with Gasteiger partial charge in [-0.3, -0.25) is 0 Å². The lowest BCUT2D eigenvalue weighted by Gasteiger charge is -2.28. The van der Waals surface area contributed by atoms with Gasteiger partial charge in [0.1, 0.15) is 0 Å². The summed E-state index contributed by atoms with van der Waals surface area (Å²) in [6.07, 6.45) is 8.65. The van der Waals surface area contributed by atoms with E-state index in [1.165, 1.54) is 29.4 Å². The quantitative estimate of drug-likeness (QED) is 0.719. The summed E-state index contributed by atoms with van der Waals surface area (Å²) in [5.74, 6) is 1.75. The van der Waals surface area contributed by atoms with Gasteiger partial charge in [0.05, 0.1) is 0 Å². The summed E-state index contributed by atoms with van der Waals surface area (Å²) >= 11 is 3.55. The minimum absolute atomic E-state index is 0.788. The Bertz CT molecular complexity index is 261. The van der Waals surface area contributed by atoms with Gasteiger partial charge in [-0.15, -0.1) is 0 Å². The third-order valence-electron chi connectivity index (χ3n) is 2.94. The van der Waals surface area contributed by atoms with Crippen LogP contribution in [0.1, 0.15) is 19.3 Å². The highest BCUT2D eigenvalue weighted by Crippen LogP contribution is 2.45. The summed E-state index contributed by atoms with van der Waals surface area (Å²) in [5, 5.41) is 0. The molecule has 0 bridgehead atoms. The van der Waals surface area contributed by atoms with Crippen LogP contribution in [-0.4, -0.2) is 19.0 Å². The topological polar surface area (TPSA) is 3.24 Å². The van der Waals surface area contributed by atoms with Crippen LogP contribution in [-0.2, 0) is 0 Å². The number of allylic oxidation sites excluding steroid dienone is 4. The van der Waals surface area contributed by atoms with Crippen LogP contribution in [0, 0.1) is 11.8 Å². The Morgan fingerprint density at radius 2 is 2.08 bits per heavy atom. The van der Waals surface area contributed by atoms with Crippen molar-refractivity contribution < 1.29 is 0 Å². The molecule has 0 radical (unpaired) electrons. The fraction of sp³-hybridized carbons (Fsp3) is 0.636. The molecule has 2 aliphatic carbocycles. The minimum Gasteiger partial charge on any atom is -0.381 e. The summed E-state index contributed by atoms with van der Waals surface area (Å²) in [6, 6.07) is 0. The van der Waals surface area contributed by atoms with Gasteiger partial charge in [-0.25, -0.2) is 0 Å². The van der Waals surface area contributed by atoms with Crippen LogP contribution in [0.25, 0.3) is 0 Å². The van der Waals surface area contributed by atoms with Crippen LogP contribution in [0.2, 0.25) is 0 Å². The van der Waals surface area contributed by atoms with Crippen LogP contribution < -0.4 is 0 Å². The second-order valence-corrected chi connectivity index (χ2v) is 5.15. The van der Waals surface area contributed by atoms with E-state index in [1.807, 2.05) is 0 Å². The maximum absolute atomic E-state index is 3.55. The zero-order chi connectivity index (χ0) is 9.42. The molecule has 1 nitrogen and oxygen atoms in total. The van der Waals surface area contributed by atoms with E-state index in [9.17, 15) is 0 Å². The predicted octanol–water partition coefficient (Wildman–Crippen LogP) is 3.14. The molecule has 0 spiro atoms. The van der Waals surface area contributed by atoms with E-state index in [-0.39, 0.29) is 0 Å². The fourth-order valence-corrected chi connectivity index (χ4v) is 2.48. The van der Waals surface area contributed by atoms with E-state index in [1.54, 1.807) is 0 Å². The lowest BCUT2D eigenvalue weighted by atomic mass is 9.91. The summed E-state index contributed by atoms with van der Waals surface area (Å²) in [5.41, 5.74) is 1.50. The summed E-state index contributed by atoms with van der Waals surface area (Å²) in [6.45, 7) is 0. The summed E-state index contributed by atoms with van der Waals surface area (Å²) in [7, 11) is 4.29. The lowest BCUT2D eigenvalue weighted by molar-refractivity contribution is 0.384. The van der Waals surface area contributed by atoms with Crippen molar-refractivity contribution in [3.05, 3.63) is 22.3 Å². The average molecular weight is 242 g/mol. The van der Waals surface area contributed by atoms with Gasteiger partial charge in [0.25, 0.3) is 0 Å². The number of rotatable bonds is 2. The van der Waals surface area contributed by atoms with Crippen LogP contribution in [0.3, 0.4) is 0 Å². The van der Waals surface area contributed by atoms with E-state index in [4.69, 9.17) is 0 Å². The molecule has 0 N–H and O–H groups in total. The van der Waals surface area contributed by atoms with E-state index >= 15 is 0 Å². The highest BCUT2D eigenvalue weighted by Gasteiger charge is 2.34. The van der Waals surface area contributed by atoms with Crippen molar-refractivity contribution in [1.82, 2.24) is 4.90 Å². The molecule has 1 fully saturated rings. The predicted molar refractivity (Wildman–Crippen MR) is 59.6 cm³/mol. The molecule has 0 aliphatic heterocycles. The molecule has 72 valence electrons. The first kappa shape index (κ1) is 9.32. The Morgan fingerprint density at radius 3 is 2.62 bits per heavy atom. The minimum atomic E-state index is 0.788. The molecule has 1 unspecified atom stereocenters. The third kappa shape index (κ3) is 1.98. The molecule has 2 rings (SSSR count). The normalized spacial score (nSPS) is 28.1. The van der Waals surface area contributed by atoms with Crippen LogP contribution >= 0.6 is 15.9 Å². The van der Waals surface area contributed by atoms with Gasteiger partial charge in [0.2, 0.25) is 0 Å². The number of hydrogen-bond acceptors (Lipinski definition) is 1. The summed E-state index contributed by atoms with van der Waals surface area (Å²) in [4.78, 5) is 2.26. The molecule has 0 saturated heterocycles. The van der Waals surface area contributed by atoms with Crippen molar-refractivity contribution >= 4 is 15.9 Å². The monoisotopic (exact) mass is 241 g/mol. The lowest BCUT2D eigenvalue weighted by Crippen LogP contribution is -2.22. The van der Waals surface area contributed by atoms with Crippen molar-refractivity contribution in [2.75, 3.05) is 14.1 Å². The molecular weight excluding hydrogens is 226 g/mol.